The molecular formula is C26H42O11Si. The molecule has 3 aliphatic heterocycles. The van der Waals surface area contributed by atoms with Gasteiger partial charge in [0.1, 0.15) is 48.8 Å². The molecule has 3 aliphatic rings. The van der Waals surface area contributed by atoms with Crippen molar-refractivity contribution in [1.82, 2.24) is 0 Å². The van der Waals surface area contributed by atoms with Crippen LogP contribution in [-0.4, -0.2) is 110 Å². The lowest BCUT2D eigenvalue weighted by atomic mass is 9.96. The summed E-state index contributed by atoms with van der Waals surface area (Å²) in [4.78, 5) is 0. The number of hydrogen-bond donors (Lipinski definition) is 4. The van der Waals surface area contributed by atoms with Crippen LogP contribution in [0.3, 0.4) is 0 Å². The lowest BCUT2D eigenvalue weighted by molar-refractivity contribution is -0.384. The zero-order valence-electron chi connectivity index (χ0n) is 22.8. The van der Waals surface area contributed by atoms with Crippen molar-refractivity contribution < 1.29 is 53.3 Å². The maximum atomic E-state index is 10.9. The van der Waals surface area contributed by atoms with Gasteiger partial charge >= 0.3 is 0 Å². The van der Waals surface area contributed by atoms with Gasteiger partial charge in [-0.1, -0.05) is 51.1 Å². The van der Waals surface area contributed by atoms with Crippen LogP contribution in [0, 0.1) is 0 Å². The minimum absolute atomic E-state index is 0.0627. The molecule has 0 unspecified atom stereocenters. The summed E-state index contributed by atoms with van der Waals surface area (Å²) in [5.41, 5.74) is 0.778. The molecule has 0 radical (unpaired) electrons. The topological polar surface area (TPSA) is 146 Å². The van der Waals surface area contributed by atoms with Crippen molar-refractivity contribution in [2.75, 3.05) is 20.3 Å². The van der Waals surface area contributed by atoms with Crippen molar-refractivity contribution in [2.24, 2.45) is 0 Å². The van der Waals surface area contributed by atoms with E-state index >= 15 is 0 Å². The molecule has 0 amide bonds. The number of ether oxygens (including phenoxy) is 6. The molecule has 12 heteroatoms. The summed E-state index contributed by atoms with van der Waals surface area (Å²) in [7, 11) is -0.834. The van der Waals surface area contributed by atoms with Gasteiger partial charge in [-0.15, -0.1) is 0 Å². The van der Waals surface area contributed by atoms with Crippen LogP contribution in [0.4, 0.5) is 0 Å². The second kappa shape index (κ2) is 11.8. The highest BCUT2D eigenvalue weighted by molar-refractivity contribution is 6.74. The highest BCUT2D eigenvalue weighted by atomic mass is 28.4. The molecule has 11 atom stereocenters. The quantitative estimate of drug-likeness (QED) is 0.356. The largest absolute Gasteiger partial charge is 0.414 e. The summed E-state index contributed by atoms with van der Waals surface area (Å²) < 4.78 is 41.1. The number of aliphatic hydroxyl groups is 4. The minimum Gasteiger partial charge on any atom is -0.414 e. The van der Waals surface area contributed by atoms with Crippen molar-refractivity contribution in [1.29, 1.82) is 0 Å². The van der Waals surface area contributed by atoms with E-state index in [1.807, 2.05) is 30.3 Å². The van der Waals surface area contributed by atoms with Gasteiger partial charge in [0.15, 0.2) is 27.2 Å². The van der Waals surface area contributed by atoms with Gasteiger partial charge in [0.25, 0.3) is 0 Å². The predicted molar refractivity (Wildman–Crippen MR) is 136 cm³/mol. The summed E-state index contributed by atoms with van der Waals surface area (Å²) >= 11 is 0. The third-order valence-electron chi connectivity index (χ3n) is 7.98. The van der Waals surface area contributed by atoms with E-state index < -0.39 is 76.0 Å². The second-order valence-corrected chi connectivity index (χ2v) is 16.4. The van der Waals surface area contributed by atoms with Crippen molar-refractivity contribution in [2.45, 2.75) is 107 Å². The molecule has 4 rings (SSSR count). The Hall–Kier alpha value is -1.00. The lowest BCUT2D eigenvalue weighted by Gasteiger charge is -2.49. The first kappa shape index (κ1) is 30.0. The van der Waals surface area contributed by atoms with E-state index in [4.69, 9.17) is 32.8 Å². The summed E-state index contributed by atoms with van der Waals surface area (Å²) in [6.45, 7) is 10.6. The summed E-state index contributed by atoms with van der Waals surface area (Å²) in [6, 6.07) is 9.27. The molecule has 0 saturated carbocycles. The van der Waals surface area contributed by atoms with Crippen molar-refractivity contribution in [3.63, 3.8) is 0 Å². The number of methoxy groups -OCH3 is 1. The molecule has 216 valence electrons. The average molecular weight is 559 g/mol. The summed E-state index contributed by atoms with van der Waals surface area (Å²) in [5.74, 6) is 0. The van der Waals surface area contributed by atoms with Gasteiger partial charge in [-0.05, 0) is 18.1 Å². The average Bonchev–Trinajstić information content (AvgIpc) is 2.88. The fourth-order valence-electron chi connectivity index (χ4n) is 4.53. The third kappa shape index (κ3) is 6.17. The number of benzene rings is 1. The maximum absolute atomic E-state index is 10.9. The molecule has 1 aromatic carbocycles. The molecule has 3 saturated heterocycles. The SMILES string of the molecule is CO[C@@H]1O[C@H](CO[Si](C)(C)C(C)(C)C)[C@@H](O[C@@H]2O[C@@H]3CO[C@H](c4ccccc4)O[C@@H]3[C@H](O)[C@H]2O)[C@H](O)[C@H]1O. The molecule has 0 aliphatic carbocycles. The Bertz CT molecular complexity index is 895. The van der Waals surface area contributed by atoms with E-state index in [0.717, 1.165) is 5.56 Å². The van der Waals surface area contributed by atoms with Crippen molar-refractivity contribution in [3.8, 4) is 0 Å². The highest BCUT2D eigenvalue weighted by Crippen LogP contribution is 2.38. The van der Waals surface area contributed by atoms with Crippen molar-refractivity contribution in [3.05, 3.63) is 35.9 Å². The zero-order chi connectivity index (χ0) is 27.8. The van der Waals surface area contributed by atoms with Crippen molar-refractivity contribution >= 4 is 8.32 Å². The molecule has 38 heavy (non-hydrogen) atoms. The number of aliphatic hydroxyl groups excluding tert-OH is 4. The Balaban J connectivity index is 1.47. The van der Waals surface area contributed by atoms with Crippen LogP contribution in [0.5, 0.6) is 0 Å². The first-order chi connectivity index (χ1) is 17.8. The predicted octanol–water partition coefficient (Wildman–Crippen LogP) is 1.05. The molecule has 0 spiro atoms. The van der Waals surface area contributed by atoms with Crippen LogP contribution in [-0.2, 0) is 32.8 Å². The standard InChI is InChI=1S/C26H42O11Si/c1-26(2,3)38(5,6)33-13-16-22(17(27)19(29)24(31-4)34-16)37-25-20(30)18(28)21-15(35-25)12-32-23(36-21)14-10-8-7-9-11-14/h7-11,15-25,27-30H,12-13H2,1-6H3/t15-,16-,17-,18-,19-,20-,21+,22-,23+,24-,25+/m1/s1. The van der Waals surface area contributed by atoms with Gasteiger partial charge in [0, 0.05) is 12.7 Å². The first-order valence-corrected chi connectivity index (χ1v) is 15.9. The minimum atomic E-state index is -2.20. The van der Waals surface area contributed by atoms with Crippen LogP contribution >= 0.6 is 0 Å². The van der Waals surface area contributed by atoms with Gasteiger partial charge in [0.2, 0.25) is 0 Å². The number of hydrogen-bond acceptors (Lipinski definition) is 11. The van der Waals surface area contributed by atoms with Gasteiger partial charge < -0.3 is 53.3 Å². The third-order valence-corrected chi connectivity index (χ3v) is 12.5. The Labute approximate surface area is 224 Å². The van der Waals surface area contributed by atoms with Crippen LogP contribution < -0.4 is 0 Å². The van der Waals surface area contributed by atoms with E-state index in [1.54, 1.807) is 0 Å². The zero-order valence-corrected chi connectivity index (χ0v) is 23.8. The first-order valence-electron chi connectivity index (χ1n) is 13.0. The smallest absolute Gasteiger partial charge is 0.192 e. The highest BCUT2D eigenvalue weighted by Gasteiger charge is 2.53. The molecule has 11 nitrogen and oxygen atoms in total. The fraction of sp³-hybridized carbons (Fsp3) is 0.769. The van der Waals surface area contributed by atoms with Gasteiger partial charge in [-0.25, -0.2) is 0 Å². The van der Waals surface area contributed by atoms with Crippen LogP contribution in [0.15, 0.2) is 30.3 Å². The normalized spacial score (nSPS) is 40.5. The van der Waals surface area contributed by atoms with E-state index in [1.165, 1.54) is 7.11 Å². The van der Waals surface area contributed by atoms with Gasteiger partial charge in [0.05, 0.1) is 13.2 Å². The Morgan fingerprint density at radius 3 is 2.18 bits per heavy atom. The van der Waals surface area contributed by atoms with Gasteiger partial charge in [-0.2, -0.15) is 0 Å². The maximum Gasteiger partial charge on any atom is 0.192 e. The van der Waals surface area contributed by atoms with E-state index in [0.29, 0.717) is 0 Å². The fourth-order valence-corrected chi connectivity index (χ4v) is 5.55. The molecule has 1 aromatic rings. The number of fused-ring (bicyclic) bond motifs is 1. The molecule has 3 heterocycles. The molecule has 4 N–H and O–H groups in total. The Kier molecular flexibility index (Phi) is 9.34. The van der Waals surface area contributed by atoms with E-state index in [2.05, 4.69) is 33.9 Å². The molecular weight excluding hydrogens is 516 g/mol. The number of rotatable bonds is 7. The van der Waals surface area contributed by atoms with Crippen LogP contribution in [0.1, 0.15) is 32.6 Å². The van der Waals surface area contributed by atoms with Gasteiger partial charge in [-0.3, -0.25) is 0 Å². The lowest BCUT2D eigenvalue weighted by Crippen LogP contribution is -2.66. The van der Waals surface area contributed by atoms with Crippen LogP contribution in [0.2, 0.25) is 18.1 Å². The monoisotopic (exact) mass is 558 g/mol. The molecule has 0 bridgehead atoms. The summed E-state index contributed by atoms with van der Waals surface area (Å²) in [5, 5.41) is 43.3. The molecule has 0 aromatic heterocycles. The second-order valence-electron chi connectivity index (χ2n) is 11.6. The summed E-state index contributed by atoms with van der Waals surface area (Å²) in [6.07, 6.45) is -12.5. The Morgan fingerprint density at radius 2 is 1.55 bits per heavy atom. The molecule has 3 fully saturated rings. The van der Waals surface area contributed by atoms with E-state index in [-0.39, 0.29) is 18.3 Å². The van der Waals surface area contributed by atoms with Crippen LogP contribution in [0.25, 0.3) is 0 Å². The van der Waals surface area contributed by atoms with E-state index in [9.17, 15) is 20.4 Å². The Morgan fingerprint density at radius 1 is 0.895 bits per heavy atom.